The van der Waals surface area contributed by atoms with Crippen LogP contribution in [0.25, 0.3) is 11.3 Å². The van der Waals surface area contributed by atoms with Gasteiger partial charge in [0.15, 0.2) is 0 Å². The van der Waals surface area contributed by atoms with Gasteiger partial charge in [0.25, 0.3) is 0 Å². The van der Waals surface area contributed by atoms with Gasteiger partial charge in [-0.3, -0.25) is 9.48 Å². The second-order valence-corrected chi connectivity index (χ2v) is 4.21. The van der Waals surface area contributed by atoms with Gasteiger partial charge in [-0.25, -0.2) is 0 Å². The number of benzene rings is 1. The fraction of sp³-hybridized carbons (Fsp3) is 0.286. The first-order chi connectivity index (χ1) is 8.69. The molecule has 94 valence electrons. The Balaban J connectivity index is 2.12. The highest BCUT2D eigenvalue weighted by molar-refractivity contribution is 5.75. The van der Waals surface area contributed by atoms with Crippen molar-refractivity contribution in [1.29, 1.82) is 0 Å². The van der Waals surface area contributed by atoms with Crippen molar-refractivity contribution in [3.8, 4) is 11.3 Å². The number of nitrogens with zero attached hydrogens (tertiary/aromatic N) is 2. The maximum absolute atomic E-state index is 11.2. The summed E-state index contributed by atoms with van der Waals surface area (Å²) in [6, 6.07) is 10.0. The van der Waals surface area contributed by atoms with Crippen molar-refractivity contribution < 1.29 is 4.79 Å². The van der Waals surface area contributed by atoms with Gasteiger partial charge in [0.1, 0.15) is 0 Å². The van der Waals surface area contributed by atoms with Gasteiger partial charge >= 0.3 is 0 Å². The fourth-order valence-corrected chi connectivity index (χ4v) is 1.74. The summed E-state index contributed by atoms with van der Waals surface area (Å²) in [5, 5.41) is 7.23. The topological polar surface area (TPSA) is 46.9 Å². The van der Waals surface area contributed by atoms with Gasteiger partial charge in [0.05, 0.1) is 5.69 Å². The zero-order valence-corrected chi connectivity index (χ0v) is 10.7. The summed E-state index contributed by atoms with van der Waals surface area (Å²) >= 11 is 0. The van der Waals surface area contributed by atoms with Crippen molar-refractivity contribution in [1.82, 2.24) is 15.1 Å². The van der Waals surface area contributed by atoms with Crippen molar-refractivity contribution in [2.24, 2.45) is 7.05 Å². The normalized spacial score (nSPS) is 10.3. The second kappa shape index (κ2) is 5.49. The third kappa shape index (κ3) is 2.97. The van der Waals surface area contributed by atoms with Crippen LogP contribution < -0.4 is 5.32 Å². The minimum Gasteiger partial charge on any atom is -0.352 e. The van der Waals surface area contributed by atoms with Crippen molar-refractivity contribution in [2.45, 2.75) is 19.9 Å². The van der Waals surface area contributed by atoms with Crippen LogP contribution in [0, 0.1) is 0 Å². The zero-order valence-electron chi connectivity index (χ0n) is 10.7. The highest BCUT2D eigenvalue weighted by atomic mass is 16.1. The van der Waals surface area contributed by atoms with Gasteiger partial charge in [-0.05, 0) is 17.7 Å². The van der Waals surface area contributed by atoms with Crippen LogP contribution in [0.4, 0.5) is 0 Å². The predicted molar refractivity (Wildman–Crippen MR) is 70.8 cm³/mol. The number of carbonyl (C=O) groups is 1. The van der Waals surface area contributed by atoms with E-state index in [1.165, 1.54) is 0 Å². The molecule has 1 amide bonds. The van der Waals surface area contributed by atoms with E-state index in [1.807, 2.05) is 44.4 Å². The van der Waals surface area contributed by atoms with Crippen LogP contribution >= 0.6 is 0 Å². The van der Waals surface area contributed by atoms with Crippen LogP contribution in [0.2, 0.25) is 0 Å². The maximum atomic E-state index is 11.2. The molecule has 1 N–H and O–H groups in total. The molecule has 0 aliphatic rings. The Morgan fingerprint density at radius 3 is 2.89 bits per heavy atom. The molecule has 0 aliphatic carbocycles. The molecule has 2 rings (SSSR count). The number of aryl methyl sites for hydroxylation is 1. The summed E-state index contributed by atoms with van der Waals surface area (Å²) in [5.74, 6) is 0.0678. The minimum absolute atomic E-state index is 0.0678. The van der Waals surface area contributed by atoms with Gasteiger partial charge in [-0.1, -0.05) is 25.1 Å². The first-order valence-corrected chi connectivity index (χ1v) is 6.04. The molecule has 0 aliphatic heterocycles. The van der Waals surface area contributed by atoms with Gasteiger partial charge in [-0.15, -0.1) is 0 Å². The number of amides is 1. The molecule has 0 unspecified atom stereocenters. The van der Waals surface area contributed by atoms with Crippen LogP contribution in [0.3, 0.4) is 0 Å². The Hall–Kier alpha value is -2.10. The summed E-state index contributed by atoms with van der Waals surface area (Å²) < 4.78 is 1.78. The number of carbonyl (C=O) groups excluding carboxylic acids is 1. The molecule has 0 radical (unpaired) electrons. The number of rotatable bonds is 4. The fourth-order valence-electron chi connectivity index (χ4n) is 1.74. The number of hydrogen-bond acceptors (Lipinski definition) is 2. The largest absolute Gasteiger partial charge is 0.352 e. The molecule has 0 saturated carbocycles. The SMILES string of the molecule is CCC(=O)NCc1cccc(-c2ccn(C)n2)c1. The average molecular weight is 243 g/mol. The molecule has 2 aromatic rings. The van der Waals surface area contributed by atoms with Crippen molar-refractivity contribution in [3.05, 3.63) is 42.1 Å². The van der Waals surface area contributed by atoms with Gasteiger partial charge in [0, 0.05) is 31.8 Å². The Bertz CT molecular complexity index is 545. The molecular formula is C14H17N3O. The third-order valence-electron chi connectivity index (χ3n) is 2.75. The third-order valence-corrected chi connectivity index (χ3v) is 2.75. The Morgan fingerprint density at radius 2 is 2.22 bits per heavy atom. The first-order valence-electron chi connectivity index (χ1n) is 6.04. The Morgan fingerprint density at radius 1 is 1.39 bits per heavy atom. The monoisotopic (exact) mass is 243 g/mol. The highest BCUT2D eigenvalue weighted by Crippen LogP contribution is 2.17. The van der Waals surface area contributed by atoms with Crippen LogP contribution in [0.5, 0.6) is 0 Å². The molecule has 4 heteroatoms. The first kappa shape index (κ1) is 12.4. The lowest BCUT2D eigenvalue weighted by atomic mass is 10.1. The maximum Gasteiger partial charge on any atom is 0.219 e. The van der Waals surface area contributed by atoms with Crippen LogP contribution in [0.1, 0.15) is 18.9 Å². The van der Waals surface area contributed by atoms with E-state index >= 15 is 0 Å². The summed E-state index contributed by atoms with van der Waals surface area (Å²) in [4.78, 5) is 11.2. The molecular weight excluding hydrogens is 226 g/mol. The van der Waals surface area contributed by atoms with Gasteiger partial charge in [0.2, 0.25) is 5.91 Å². The Kier molecular flexibility index (Phi) is 3.77. The number of hydrogen-bond donors (Lipinski definition) is 1. The predicted octanol–water partition coefficient (Wildman–Crippen LogP) is 2.11. The highest BCUT2D eigenvalue weighted by Gasteiger charge is 2.03. The quantitative estimate of drug-likeness (QED) is 0.894. The molecule has 1 heterocycles. The molecule has 18 heavy (non-hydrogen) atoms. The lowest BCUT2D eigenvalue weighted by molar-refractivity contribution is -0.120. The summed E-state index contributed by atoms with van der Waals surface area (Å²) in [6.07, 6.45) is 2.43. The molecule has 0 spiro atoms. The minimum atomic E-state index is 0.0678. The molecule has 1 aromatic carbocycles. The smallest absolute Gasteiger partial charge is 0.219 e. The van der Waals surface area contributed by atoms with Crippen molar-refractivity contribution >= 4 is 5.91 Å². The zero-order chi connectivity index (χ0) is 13.0. The van der Waals surface area contributed by atoms with Gasteiger partial charge < -0.3 is 5.32 Å². The van der Waals surface area contributed by atoms with E-state index in [1.54, 1.807) is 4.68 Å². The van der Waals surface area contributed by atoms with Gasteiger partial charge in [-0.2, -0.15) is 5.10 Å². The van der Waals surface area contributed by atoms with Crippen molar-refractivity contribution in [2.75, 3.05) is 0 Å². The van der Waals surface area contributed by atoms with E-state index in [2.05, 4.69) is 16.5 Å². The van der Waals surface area contributed by atoms with Crippen LogP contribution in [-0.2, 0) is 18.4 Å². The van der Waals surface area contributed by atoms with Crippen LogP contribution in [0.15, 0.2) is 36.5 Å². The summed E-state index contributed by atoms with van der Waals surface area (Å²) in [7, 11) is 1.90. The molecule has 0 bridgehead atoms. The van der Waals surface area contributed by atoms with E-state index in [0.717, 1.165) is 16.8 Å². The lowest BCUT2D eigenvalue weighted by Gasteiger charge is -2.05. The molecule has 0 saturated heterocycles. The molecule has 0 fully saturated rings. The summed E-state index contributed by atoms with van der Waals surface area (Å²) in [5.41, 5.74) is 3.10. The van der Waals surface area contributed by atoms with E-state index in [9.17, 15) is 4.79 Å². The number of nitrogens with one attached hydrogen (secondary N) is 1. The molecule has 4 nitrogen and oxygen atoms in total. The van der Waals surface area contributed by atoms with Crippen molar-refractivity contribution in [3.63, 3.8) is 0 Å². The molecule has 0 atom stereocenters. The lowest BCUT2D eigenvalue weighted by Crippen LogP contribution is -2.21. The van der Waals surface area contributed by atoms with Crippen LogP contribution in [-0.4, -0.2) is 15.7 Å². The Labute approximate surface area is 107 Å². The van der Waals surface area contributed by atoms with E-state index in [0.29, 0.717) is 13.0 Å². The van der Waals surface area contributed by atoms with E-state index in [-0.39, 0.29) is 5.91 Å². The molecule has 1 aromatic heterocycles. The number of aromatic nitrogens is 2. The second-order valence-electron chi connectivity index (χ2n) is 4.21. The average Bonchev–Trinajstić information content (AvgIpc) is 2.83. The summed E-state index contributed by atoms with van der Waals surface area (Å²) in [6.45, 7) is 2.41. The van der Waals surface area contributed by atoms with E-state index < -0.39 is 0 Å². The van der Waals surface area contributed by atoms with E-state index in [4.69, 9.17) is 0 Å². The standard InChI is InChI=1S/C14H17N3O/c1-3-14(18)15-10-11-5-4-6-12(9-11)13-7-8-17(2)16-13/h4-9H,3,10H2,1-2H3,(H,15,18).